The van der Waals surface area contributed by atoms with Gasteiger partial charge in [-0.25, -0.2) is 4.39 Å². The Morgan fingerprint density at radius 1 is 1.53 bits per heavy atom. The minimum absolute atomic E-state index is 0.127. The summed E-state index contributed by atoms with van der Waals surface area (Å²) in [5.41, 5.74) is -0.720. The first kappa shape index (κ1) is 11.7. The molecule has 0 heterocycles. The van der Waals surface area contributed by atoms with Gasteiger partial charge in [-0.2, -0.15) is 0 Å². The van der Waals surface area contributed by atoms with E-state index < -0.39 is 17.3 Å². The van der Waals surface area contributed by atoms with Gasteiger partial charge in [-0.15, -0.1) is 0 Å². The van der Waals surface area contributed by atoms with Crippen LogP contribution in [0.15, 0.2) is 24.3 Å². The molecular weight excluding hydrogens is 197 g/mol. The fourth-order valence-corrected chi connectivity index (χ4v) is 1.03. The number of hydrogen-bond acceptors (Lipinski definition) is 2. The van der Waals surface area contributed by atoms with Gasteiger partial charge in [-0.1, -0.05) is 6.07 Å². The van der Waals surface area contributed by atoms with Crippen LogP contribution in [0.1, 0.15) is 24.2 Å². The summed E-state index contributed by atoms with van der Waals surface area (Å²) < 4.78 is 12.8. The zero-order valence-corrected chi connectivity index (χ0v) is 8.75. The monoisotopic (exact) mass is 211 g/mol. The SMILES string of the molecule is CC(C)(O)CNC(=O)c1cccc(F)c1. The molecule has 82 valence electrons. The number of nitrogens with one attached hydrogen (secondary N) is 1. The maximum Gasteiger partial charge on any atom is 0.251 e. The van der Waals surface area contributed by atoms with Crippen LogP contribution in [0.5, 0.6) is 0 Å². The zero-order chi connectivity index (χ0) is 11.5. The fraction of sp³-hybridized carbons (Fsp3) is 0.364. The summed E-state index contributed by atoms with van der Waals surface area (Å²) in [7, 11) is 0. The van der Waals surface area contributed by atoms with E-state index in [1.54, 1.807) is 13.8 Å². The van der Waals surface area contributed by atoms with Crippen LogP contribution in [0.25, 0.3) is 0 Å². The van der Waals surface area contributed by atoms with Crippen molar-refractivity contribution >= 4 is 5.91 Å². The second kappa shape index (κ2) is 4.40. The number of rotatable bonds is 3. The van der Waals surface area contributed by atoms with Gasteiger partial charge in [-0.05, 0) is 32.0 Å². The molecule has 0 unspecified atom stereocenters. The van der Waals surface area contributed by atoms with Crippen molar-refractivity contribution in [2.24, 2.45) is 0 Å². The Kier molecular flexibility index (Phi) is 3.42. The molecule has 0 aliphatic rings. The number of carbonyl (C=O) groups is 1. The van der Waals surface area contributed by atoms with Crippen LogP contribution in [-0.2, 0) is 0 Å². The lowest BCUT2D eigenvalue weighted by Crippen LogP contribution is -2.38. The zero-order valence-electron chi connectivity index (χ0n) is 8.75. The molecule has 0 saturated heterocycles. The van der Waals surface area contributed by atoms with Gasteiger partial charge in [-0.3, -0.25) is 4.79 Å². The van der Waals surface area contributed by atoms with Crippen LogP contribution >= 0.6 is 0 Å². The molecule has 1 aromatic rings. The fourth-order valence-electron chi connectivity index (χ4n) is 1.03. The summed E-state index contributed by atoms with van der Waals surface area (Å²) >= 11 is 0. The Hall–Kier alpha value is -1.42. The first-order valence-corrected chi connectivity index (χ1v) is 4.65. The number of hydrogen-bond donors (Lipinski definition) is 2. The lowest BCUT2D eigenvalue weighted by molar-refractivity contribution is 0.0694. The van der Waals surface area contributed by atoms with Gasteiger partial charge < -0.3 is 10.4 Å². The summed E-state index contributed by atoms with van der Waals surface area (Å²) in [6.07, 6.45) is 0. The van der Waals surface area contributed by atoms with E-state index in [0.29, 0.717) is 0 Å². The highest BCUT2D eigenvalue weighted by atomic mass is 19.1. The average molecular weight is 211 g/mol. The van der Waals surface area contributed by atoms with Crippen molar-refractivity contribution in [1.82, 2.24) is 5.32 Å². The molecule has 1 rings (SSSR count). The van der Waals surface area contributed by atoms with Gasteiger partial charge in [0.15, 0.2) is 0 Å². The minimum Gasteiger partial charge on any atom is -0.389 e. The van der Waals surface area contributed by atoms with Crippen LogP contribution in [-0.4, -0.2) is 23.2 Å². The van der Waals surface area contributed by atoms with E-state index in [2.05, 4.69) is 5.32 Å². The molecule has 2 N–H and O–H groups in total. The summed E-state index contributed by atoms with van der Waals surface area (Å²) in [5, 5.41) is 11.9. The third-order valence-corrected chi connectivity index (χ3v) is 1.77. The van der Waals surface area contributed by atoms with E-state index >= 15 is 0 Å². The van der Waals surface area contributed by atoms with Gasteiger partial charge in [0.2, 0.25) is 0 Å². The van der Waals surface area contributed by atoms with Crippen molar-refractivity contribution in [3.05, 3.63) is 35.6 Å². The number of benzene rings is 1. The van der Waals surface area contributed by atoms with Crippen LogP contribution in [0.2, 0.25) is 0 Å². The summed E-state index contributed by atoms with van der Waals surface area (Å²) in [6, 6.07) is 5.41. The van der Waals surface area contributed by atoms with Gasteiger partial charge in [0.05, 0.1) is 5.60 Å². The van der Waals surface area contributed by atoms with Gasteiger partial charge in [0.25, 0.3) is 5.91 Å². The largest absolute Gasteiger partial charge is 0.389 e. The van der Waals surface area contributed by atoms with E-state index in [1.165, 1.54) is 18.2 Å². The quantitative estimate of drug-likeness (QED) is 0.792. The second-order valence-corrected chi connectivity index (χ2v) is 4.01. The molecule has 15 heavy (non-hydrogen) atoms. The van der Waals surface area contributed by atoms with Gasteiger partial charge in [0, 0.05) is 12.1 Å². The van der Waals surface area contributed by atoms with Crippen LogP contribution < -0.4 is 5.32 Å². The highest BCUT2D eigenvalue weighted by Gasteiger charge is 2.14. The topological polar surface area (TPSA) is 49.3 Å². The standard InChI is InChI=1S/C11H14FNO2/c1-11(2,15)7-13-10(14)8-4-3-5-9(12)6-8/h3-6,15H,7H2,1-2H3,(H,13,14). The van der Waals surface area contributed by atoms with Gasteiger partial charge in [0.1, 0.15) is 5.82 Å². The molecule has 4 heteroatoms. The van der Waals surface area contributed by atoms with E-state index in [0.717, 1.165) is 6.07 Å². The molecule has 0 spiro atoms. The third-order valence-electron chi connectivity index (χ3n) is 1.77. The van der Waals surface area contributed by atoms with E-state index in [-0.39, 0.29) is 12.1 Å². The Bertz CT molecular complexity index is 358. The highest BCUT2D eigenvalue weighted by Crippen LogP contribution is 2.04. The van der Waals surface area contributed by atoms with Crippen molar-refractivity contribution in [1.29, 1.82) is 0 Å². The van der Waals surface area contributed by atoms with E-state index in [9.17, 15) is 14.3 Å². The number of aliphatic hydroxyl groups is 1. The Morgan fingerprint density at radius 2 is 2.20 bits per heavy atom. The Morgan fingerprint density at radius 3 is 2.73 bits per heavy atom. The van der Waals surface area contributed by atoms with Crippen LogP contribution in [0.3, 0.4) is 0 Å². The predicted octanol–water partition coefficient (Wildman–Crippen LogP) is 1.33. The van der Waals surface area contributed by atoms with Crippen molar-refractivity contribution in [2.75, 3.05) is 6.54 Å². The summed E-state index contributed by atoms with van der Waals surface area (Å²) in [6.45, 7) is 3.29. The second-order valence-electron chi connectivity index (χ2n) is 4.01. The summed E-state index contributed by atoms with van der Waals surface area (Å²) in [5.74, 6) is -0.845. The first-order valence-electron chi connectivity index (χ1n) is 4.65. The lowest BCUT2D eigenvalue weighted by atomic mass is 10.1. The Labute approximate surface area is 87.9 Å². The van der Waals surface area contributed by atoms with Gasteiger partial charge >= 0.3 is 0 Å². The number of carbonyl (C=O) groups excluding carboxylic acids is 1. The normalized spacial score (nSPS) is 11.2. The minimum atomic E-state index is -0.969. The average Bonchev–Trinajstić information content (AvgIpc) is 2.13. The molecular formula is C11H14FNO2. The molecule has 1 amide bonds. The molecule has 0 aliphatic carbocycles. The molecule has 0 bridgehead atoms. The van der Waals surface area contributed by atoms with Crippen LogP contribution in [0, 0.1) is 5.82 Å². The molecule has 3 nitrogen and oxygen atoms in total. The Balaban J connectivity index is 2.62. The molecule has 1 aromatic carbocycles. The number of halogens is 1. The maximum atomic E-state index is 12.8. The first-order chi connectivity index (χ1) is 6.88. The molecule has 0 fully saturated rings. The maximum absolute atomic E-state index is 12.8. The van der Waals surface area contributed by atoms with Crippen LogP contribution in [0.4, 0.5) is 4.39 Å². The van der Waals surface area contributed by atoms with Crippen molar-refractivity contribution in [3.63, 3.8) is 0 Å². The smallest absolute Gasteiger partial charge is 0.251 e. The van der Waals surface area contributed by atoms with Crippen molar-refractivity contribution in [3.8, 4) is 0 Å². The number of amides is 1. The molecule has 0 atom stereocenters. The van der Waals surface area contributed by atoms with E-state index in [1.807, 2.05) is 0 Å². The summed E-state index contributed by atoms with van der Waals surface area (Å²) in [4.78, 5) is 11.5. The lowest BCUT2D eigenvalue weighted by Gasteiger charge is -2.17. The van der Waals surface area contributed by atoms with Crippen molar-refractivity contribution < 1.29 is 14.3 Å². The molecule has 0 radical (unpaired) electrons. The third kappa shape index (κ3) is 4.08. The van der Waals surface area contributed by atoms with E-state index in [4.69, 9.17) is 0 Å². The molecule has 0 aromatic heterocycles. The highest BCUT2D eigenvalue weighted by molar-refractivity contribution is 5.94. The molecule has 0 aliphatic heterocycles. The van der Waals surface area contributed by atoms with Crippen molar-refractivity contribution in [2.45, 2.75) is 19.4 Å². The predicted molar refractivity (Wildman–Crippen MR) is 55.0 cm³/mol. The molecule has 0 saturated carbocycles.